The van der Waals surface area contributed by atoms with Crippen molar-refractivity contribution in [1.29, 1.82) is 0 Å². The zero-order chi connectivity index (χ0) is 12.2. The summed E-state index contributed by atoms with van der Waals surface area (Å²) in [7, 11) is -15.2. The summed E-state index contributed by atoms with van der Waals surface area (Å²) in [4.78, 5) is 0. The van der Waals surface area contributed by atoms with Gasteiger partial charge in [0.1, 0.15) is 0 Å². The summed E-state index contributed by atoms with van der Waals surface area (Å²) in [6.45, 7) is 0. The molecular formula is C3B4F8. The van der Waals surface area contributed by atoms with Crippen LogP contribution in [-0.4, -0.2) is 29.1 Å². The predicted molar refractivity (Wildman–Crippen MR) is 42.4 cm³/mol. The van der Waals surface area contributed by atoms with Crippen LogP contribution in [0.3, 0.4) is 0 Å². The maximum atomic E-state index is 11.8. The molecule has 0 nitrogen and oxygen atoms in total. The molecular weight excluding hydrogens is 231 g/mol. The van der Waals surface area contributed by atoms with Crippen molar-refractivity contribution < 1.29 is 34.5 Å². The first-order valence-electron chi connectivity index (χ1n) is 3.40. The average molecular weight is 231 g/mol. The van der Waals surface area contributed by atoms with Gasteiger partial charge in [-0.05, 0) is 0 Å². The van der Waals surface area contributed by atoms with Crippen LogP contribution in [0.4, 0.5) is 34.5 Å². The molecule has 0 aliphatic rings. The van der Waals surface area contributed by atoms with Gasteiger partial charge < -0.3 is 0 Å². The first kappa shape index (κ1) is 14.2. The Morgan fingerprint density at radius 2 is 0.733 bits per heavy atom. The van der Waals surface area contributed by atoms with E-state index in [-0.39, 0.29) is 0 Å². The minimum atomic E-state index is -3.81. The Labute approximate surface area is 81.1 Å². The highest BCUT2D eigenvalue weighted by Gasteiger charge is 2.38. The van der Waals surface area contributed by atoms with Gasteiger partial charge in [0.15, 0.2) is 0 Å². The van der Waals surface area contributed by atoms with Gasteiger partial charge in [0.05, 0.1) is 0 Å². The molecule has 0 saturated heterocycles. The van der Waals surface area contributed by atoms with E-state index in [2.05, 4.69) is 0 Å². The molecule has 0 radical (unpaired) electrons. The minimum Gasteiger partial charge on any atom is -0.281 e. The molecule has 0 aromatic rings. The Morgan fingerprint density at radius 3 is 0.867 bits per heavy atom. The smallest absolute Gasteiger partial charge is 0.281 e. The van der Waals surface area contributed by atoms with Gasteiger partial charge in [-0.25, -0.2) is 0 Å². The Hall–Kier alpha value is -0.780. The first-order valence-corrected chi connectivity index (χ1v) is 3.40. The predicted octanol–water partition coefficient (Wildman–Crippen LogP) is 2.30. The highest BCUT2D eigenvalue weighted by atomic mass is 19.3. The van der Waals surface area contributed by atoms with Crippen molar-refractivity contribution in [2.75, 3.05) is 0 Å². The van der Waals surface area contributed by atoms with Gasteiger partial charge in [-0.1, -0.05) is 0 Å². The van der Waals surface area contributed by atoms with Gasteiger partial charge in [-0.3, -0.25) is 34.5 Å². The van der Waals surface area contributed by atoms with Crippen molar-refractivity contribution >= 4 is 29.1 Å². The molecule has 0 fully saturated rings. The Balaban J connectivity index is 5.43. The highest BCUT2D eigenvalue weighted by molar-refractivity contribution is 6.79. The topological polar surface area (TPSA) is 0 Å². The third-order valence-electron chi connectivity index (χ3n) is 1.23. The first-order chi connectivity index (χ1) is 6.77. The number of rotatable bonds is 4. The van der Waals surface area contributed by atoms with E-state index in [1.165, 1.54) is 0 Å². The van der Waals surface area contributed by atoms with Gasteiger partial charge >= 0.3 is 29.1 Å². The molecule has 0 aromatic carbocycles. The molecule has 0 atom stereocenters. The van der Waals surface area contributed by atoms with Crippen LogP contribution in [0, 0.1) is 0 Å². The Morgan fingerprint density at radius 1 is 0.533 bits per heavy atom. The van der Waals surface area contributed by atoms with E-state index < -0.39 is 39.8 Å². The fraction of sp³-hybridized carbons (Fsp3) is 0. The monoisotopic (exact) mass is 232 g/mol. The number of halogens is 8. The molecule has 0 bridgehead atoms. The van der Waals surface area contributed by atoms with E-state index in [4.69, 9.17) is 0 Å². The zero-order valence-electron chi connectivity index (χ0n) is 6.83. The third kappa shape index (κ3) is 4.50. The normalized spacial score (nSPS) is 9.07. The van der Waals surface area contributed by atoms with E-state index in [9.17, 15) is 34.5 Å². The summed E-state index contributed by atoms with van der Waals surface area (Å²) >= 11 is 0. The molecule has 15 heavy (non-hydrogen) atoms. The minimum absolute atomic E-state index is 0.685. The molecule has 0 N–H and O–H groups in total. The molecule has 0 aromatic heterocycles. The second kappa shape index (κ2) is 5.95. The zero-order valence-corrected chi connectivity index (χ0v) is 6.83. The quantitative estimate of drug-likeness (QED) is 0.395. The van der Waals surface area contributed by atoms with E-state index >= 15 is 0 Å². The summed E-state index contributed by atoms with van der Waals surface area (Å²) < 4.78 is 94.0. The van der Waals surface area contributed by atoms with Gasteiger partial charge in [-0.15, -0.1) is 5.73 Å². The van der Waals surface area contributed by atoms with Crippen LogP contribution in [0.25, 0.3) is 0 Å². The molecule has 80 valence electrons. The van der Waals surface area contributed by atoms with Gasteiger partial charge in [0.25, 0.3) is 0 Å². The summed E-state index contributed by atoms with van der Waals surface area (Å²) in [6, 6.07) is 0. The van der Waals surface area contributed by atoms with E-state index in [0.717, 1.165) is 0 Å². The van der Waals surface area contributed by atoms with Crippen LogP contribution >= 0.6 is 0 Å². The lowest BCUT2D eigenvalue weighted by molar-refractivity contribution is 0.649. The Bertz CT molecular complexity index is 223. The van der Waals surface area contributed by atoms with Crippen molar-refractivity contribution in [2.24, 2.45) is 0 Å². The SMILES string of the molecule is FB(F)C(=C=C(B(F)F)B(F)F)B(F)F. The van der Waals surface area contributed by atoms with Crippen LogP contribution in [0.1, 0.15) is 0 Å². The second-order valence-electron chi connectivity index (χ2n) is 2.24. The standard InChI is InChI=1S/C3B4F8/c8-4(9)2(5(10)11)1-3(6(12)13)7(14)15. The molecule has 0 unspecified atom stereocenters. The van der Waals surface area contributed by atoms with E-state index in [1.807, 2.05) is 0 Å². The molecule has 0 saturated carbocycles. The van der Waals surface area contributed by atoms with E-state index in [1.54, 1.807) is 0 Å². The van der Waals surface area contributed by atoms with Crippen molar-refractivity contribution in [2.45, 2.75) is 0 Å². The van der Waals surface area contributed by atoms with Crippen molar-refractivity contribution in [3.05, 3.63) is 16.5 Å². The van der Waals surface area contributed by atoms with Crippen molar-refractivity contribution in [3.8, 4) is 0 Å². The summed E-state index contributed by atoms with van der Waals surface area (Å²) in [6.07, 6.45) is 0. The van der Waals surface area contributed by atoms with Crippen LogP contribution in [0.2, 0.25) is 0 Å². The molecule has 0 aliphatic carbocycles. The van der Waals surface area contributed by atoms with Crippen molar-refractivity contribution in [3.63, 3.8) is 0 Å². The molecule has 12 heteroatoms. The fourth-order valence-corrected chi connectivity index (χ4v) is 0.575. The van der Waals surface area contributed by atoms with Gasteiger partial charge in [0.2, 0.25) is 0 Å². The van der Waals surface area contributed by atoms with Gasteiger partial charge in [0, 0.05) is 10.7 Å². The van der Waals surface area contributed by atoms with Gasteiger partial charge in [-0.2, -0.15) is 0 Å². The summed E-state index contributed by atoms with van der Waals surface area (Å²) in [5.41, 5.74) is 0.685. The molecule has 0 aliphatic heterocycles. The average Bonchev–Trinajstić information content (AvgIpc) is 2.01. The molecule has 0 amide bonds. The lowest BCUT2D eigenvalue weighted by atomic mass is 9.60. The van der Waals surface area contributed by atoms with Crippen LogP contribution in [0.5, 0.6) is 0 Å². The summed E-state index contributed by atoms with van der Waals surface area (Å²) in [5, 5.41) is -4.32. The lowest BCUT2D eigenvalue weighted by Gasteiger charge is -1.97. The summed E-state index contributed by atoms with van der Waals surface area (Å²) in [5.74, 6) is 0. The second-order valence-corrected chi connectivity index (χ2v) is 2.24. The van der Waals surface area contributed by atoms with Crippen LogP contribution < -0.4 is 0 Å². The highest BCUT2D eigenvalue weighted by Crippen LogP contribution is 2.15. The van der Waals surface area contributed by atoms with E-state index in [0.29, 0.717) is 5.73 Å². The van der Waals surface area contributed by atoms with Crippen LogP contribution in [0.15, 0.2) is 16.5 Å². The maximum Gasteiger partial charge on any atom is 0.572 e. The third-order valence-corrected chi connectivity index (χ3v) is 1.23. The number of hydrogen-bond donors (Lipinski definition) is 0. The van der Waals surface area contributed by atoms with Crippen LogP contribution in [-0.2, 0) is 0 Å². The molecule has 0 rings (SSSR count). The Kier molecular flexibility index (Phi) is 5.64. The maximum absolute atomic E-state index is 11.8. The lowest BCUT2D eigenvalue weighted by Crippen LogP contribution is -2.19. The fourth-order valence-electron chi connectivity index (χ4n) is 0.575. The van der Waals surface area contributed by atoms with Crippen molar-refractivity contribution in [1.82, 2.24) is 0 Å². The molecule has 0 spiro atoms. The molecule has 0 heterocycles. The largest absolute Gasteiger partial charge is 0.572 e. The number of hydrogen-bond acceptors (Lipinski definition) is 0.